The third kappa shape index (κ3) is 2.51. The quantitative estimate of drug-likeness (QED) is 0.710. The Morgan fingerprint density at radius 3 is 2.58 bits per heavy atom. The Labute approximate surface area is 140 Å². The van der Waals surface area contributed by atoms with Gasteiger partial charge >= 0.3 is 0 Å². The highest BCUT2D eigenvalue weighted by atomic mass is 32.2. The molecule has 0 saturated heterocycles. The van der Waals surface area contributed by atoms with Crippen LogP contribution < -0.4 is 4.74 Å². The van der Waals surface area contributed by atoms with Crippen LogP contribution in [0.3, 0.4) is 0 Å². The van der Waals surface area contributed by atoms with Crippen LogP contribution in [0.1, 0.15) is 24.4 Å². The number of fused-ring (bicyclic) bond motifs is 3. The Kier molecular flexibility index (Phi) is 3.46. The van der Waals surface area contributed by atoms with Crippen LogP contribution in [0.2, 0.25) is 0 Å². The van der Waals surface area contributed by atoms with Gasteiger partial charge in [-0.15, -0.1) is 0 Å². The fourth-order valence-corrected chi connectivity index (χ4v) is 4.37. The summed E-state index contributed by atoms with van der Waals surface area (Å²) in [4.78, 5) is 0.328. The molecule has 4 nitrogen and oxygen atoms in total. The molecule has 4 rings (SSSR count). The van der Waals surface area contributed by atoms with Crippen molar-refractivity contribution in [1.82, 2.24) is 0 Å². The molecule has 0 N–H and O–H groups in total. The molecular formula is C19H16O4S. The summed E-state index contributed by atoms with van der Waals surface area (Å²) in [5.74, 6) is 1.43. The van der Waals surface area contributed by atoms with E-state index in [1.807, 2.05) is 31.2 Å². The predicted octanol–water partition coefficient (Wildman–Crippen LogP) is 4.37. The minimum absolute atomic E-state index is 0.0553. The average molecular weight is 340 g/mol. The zero-order valence-electron chi connectivity index (χ0n) is 13.1. The molecule has 0 aliphatic carbocycles. The summed E-state index contributed by atoms with van der Waals surface area (Å²) in [6.07, 6.45) is 1.46. The van der Waals surface area contributed by atoms with Crippen molar-refractivity contribution in [3.63, 3.8) is 0 Å². The molecule has 1 unspecified atom stereocenters. The summed E-state index contributed by atoms with van der Waals surface area (Å²) < 4.78 is 36.4. The molecule has 122 valence electrons. The molecule has 2 aromatic carbocycles. The van der Waals surface area contributed by atoms with Crippen LogP contribution in [0.5, 0.6) is 5.75 Å². The summed E-state index contributed by atoms with van der Waals surface area (Å²) >= 11 is 0. The molecule has 0 saturated carbocycles. The molecular weight excluding hydrogens is 324 g/mol. The Bertz CT molecular complexity index is 987. The number of rotatable bonds is 3. The molecule has 0 fully saturated rings. The van der Waals surface area contributed by atoms with E-state index in [1.165, 1.54) is 0 Å². The third-order valence-corrected chi connectivity index (χ3v) is 5.87. The lowest BCUT2D eigenvalue weighted by atomic mass is 9.99. The predicted molar refractivity (Wildman–Crippen MR) is 90.5 cm³/mol. The summed E-state index contributed by atoms with van der Waals surface area (Å²) in [7, 11) is -3.38. The number of hydrogen-bond acceptors (Lipinski definition) is 4. The highest BCUT2D eigenvalue weighted by molar-refractivity contribution is 7.90. The van der Waals surface area contributed by atoms with E-state index in [4.69, 9.17) is 9.15 Å². The number of benzene rings is 2. The molecule has 1 aliphatic rings. The van der Waals surface area contributed by atoms with Crippen molar-refractivity contribution in [2.75, 3.05) is 0 Å². The maximum Gasteiger partial charge on any atom is 0.182 e. The van der Waals surface area contributed by atoms with Crippen LogP contribution in [0, 0.1) is 0 Å². The van der Waals surface area contributed by atoms with Crippen molar-refractivity contribution in [1.29, 1.82) is 0 Å². The highest BCUT2D eigenvalue weighted by Crippen LogP contribution is 2.43. The van der Waals surface area contributed by atoms with Crippen molar-refractivity contribution in [3.05, 3.63) is 72.2 Å². The Balaban J connectivity index is 1.69. The van der Waals surface area contributed by atoms with Crippen LogP contribution >= 0.6 is 0 Å². The van der Waals surface area contributed by atoms with Gasteiger partial charge in [0.15, 0.2) is 21.7 Å². The van der Waals surface area contributed by atoms with Gasteiger partial charge in [-0.25, -0.2) is 8.42 Å². The molecule has 0 amide bonds. The van der Waals surface area contributed by atoms with Gasteiger partial charge in [0.25, 0.3) is 0 Å². The largest absolute Gasteiger partial charge is 0.482 e. The van der Waals surface area contributed by atoms with Gasteiger partial charge < -0.3 is 9.15 Å². The fourth-order valence-electron chi connectivity index (χ4n) is 3.01. The second-order valence-electron chi connectivity index (χ2n) is 5.86. The van der Waals surface area contributed by atoms with E-state index in [0.29, 0.717) is 16.2 Å². The Hall–Kier alpha value is -2.53. The minimum atomic E-state index is -3.38. The Morgan fingerprint density at radius 1 is 1.00 bits per heavy atom. The number of hydrogen-bond donors (Lipinski definition) is 0. The van der Waals surface area contributed by atoms with Crippen LogP contribution in [-0.2, 0) is 15.6 Å². The summed E-state index contributed by atoms with van der Waals surface area (Å²) in [6, 6.07) is 15.9. The van der Waals surface area contributed by atoms with Gasteiger partial charge in [-0.2, -0.15) is 0 Å². The molecule has 2 heterocycles. The molecule has 0 bridgehead atoms. The molecule has 1 aliphatic heterocycles. The molecule has 5 heteroatoms. The SMILES string of the molecule is CC1Oc2cc(CS(=O)(=O)c3ccccc3)ccc2-c2ccoc21. The van der Waals surface area contributed by atoms with Crippen LogP contribution in [-0.4, -0.2) is 8.42 Å². The standard InChI is InChI=1S/C19H16O4S/c1-13-19-17(9-10-22-19)16-8-7-14(11-18(16)23-13)12-24(20,21)15-5-3-2-4-6-15/h2-11,13H,12H2,1H3. The number of sulfone groups is 1. The number of ether oxygens (including phenoxy) is 1. The first-order valence-electron chi connectivity index (χ1n) is 7.70. The van der Waals surface area contributed by atoms with E-state index in [0.717, 1.165) is 16.9 Å². The summed E-state index contributed by atoms with van der Waals surface area (Å²) in [5.41, 5.74) is 2.63. The van der Waals surface area contributed by atoms with Crippen molar-refractivity contribution in [3.8, 4) is 16.9 Å². The summed E-state index contributed by atoms with van der Waals surface area (Å²) in [6.45, 7) is 1.92. The van der Waals surface area contributed by atoms with Crippen molar-refractivity contribution in [2.24, 2.45) is 0 Å². The Morgan fingerprint density at radius 2 is 1.79 bits per heavy atom. The first kappa shape index (κ1) is 15.0. The van der Waals surface area contributed by atoms with E-state index in [-0.39, 0.29) is 11.9 Å². The molecule has 3 aromatic rings. The van der Waals surface area contributed by atoms with Gasteiger partial charge in [0.05, 0.1) is 16.9 Å². The van der Waals surface area contributed by atoms with Crippen molar-refractivity contribution < 1.29 is 17.6 Å². The van der Waals surface area contributed by atoms with Gasteiger partial charge in [-0.05, 0) is 36.8 Å². The van der Waals surface area contributed by atoms with E-state index >= 15 is 0 Å². The topological polar surface area (TPSA) is 56.5 Å². The molecule has 1 aromatic heterocycles. The molecule has 0 radical (unpaired) electrons. The van der Waals surface area contributed by atoms with Gasteiger partial charge in [0.1, 0.15) is 5.75 Å². The van der Waals surface area contributed by atoms with E-state index in [2.05, 4.69) is 0 Å². The lowest BCUT2D eigenvalue weighted by Crippen LogP contribution is -2.10. The maximum absolute atomic E-state index is 12.5. The number of furan rings is 1. The van der Waals surface area contributed by atoms with E-state index < -0.39 is 9.84 Å². The van der Waals surface area contributed by atoms with Gasteiger partial charge in [-0.1, -0.05) is 30.3 Å². The molecule has 1 atom stereocenters. The van der Waals surface area contributed by atoms with Crippen molar-refractivity contribution >= 4 is 9.84 Å². The third-order valence-electron chi connectivity index (χ3n) is 4.16. The van der Waals surface area contributed by atoms with Crippen molar-refractivity contribution in [2.45, 2.75) is 23.7 Å². The van der Waals surface area contributed by atoms with Gasteiger partial charge in [0, 0.05) is 11.1 Å². The van der Waals surface area contributed by atoms with Gasteiger partial charge in [-0.3, -0.25) is 0 Å². The van der Waals surface area contributed by atoms with Crippen LogP contribution in [0.15, 0.2) is 70.2 Å². The maximum atomic E-state index is 12.5. The first-order valence-corrected chi connectivity index (χ1v) is 9.35. The van der Waals surface area contributed by atoms with Gasteiger partial charge in [0.2, 0.25) is 0 Å². The fraction of sp³-hybridized carbons (Fsp3) is 0.158. The highest BCUT2D eigenvalue weighted by Gasteiger charge is 2.26. The lowest BCUT2D eigenvalue weighted by Gasteiger charge is -2.23. The lowest BCUT2D eigenvalue weighted by molar-refractivity contribution is 0.191. The zero-order valence-corrected chi connectivity index (χ0v) is 13.9. The minimum Gasteiger partial charge on any atom is -0.482 e. The molecule has 24 heavy (non-hydrogen) atoms. The van der Waals surface area contributed by atoms with Crippen LogP contribution in [0.25, 0.3) is 11.1 Å². The molecule has 0 spiro atoms. The summed E-state index contributed by atoms with van der Waals surface area (Å²) in [5, 5.41) is 0. The normalized spacial score (nSPS) is 16.1. The second kappa shape index (κ2) is 5.53. The average Bonchev–Trinajstić information content (AvgIpc) is 3.06. The first-order chi connectivity index (χ1) is 11.5. The van der Waals surface area contributed by atoms with Crippen LogP contribution in [0.4, 0.5) is 0 Å². The van der Waals surface area contributed by atoms with E-state index in [9.17, 15) is 8.42 Å². The second-order valence-corrected chi connectivity index (χ2v) is 7.85. The monoisotopic (exact) mass is 340 g/mol. The smallest absolute Gasteiger partial charge is 0.182 e. The van der Waals surface area contributed by atoms with E-state index in [1.54, 1.807) is 36.6 Å². The zero-order chi connectivity index (χ0) is 16.7.